The highest BCUT2D eigenvalue weighted by Crippen LogP contribution is 2.47. The zero-order chi connectivity index (χ0) is 76.7. The molecule has 6 atom stereocenters. The van der Waals surface area contributed by atoms with Gasteiger partial charge < -0.3 is 34.8 Å². The summed E-state index contributed by atoms with van der Waals surface area (Å²) >= 11 is 0. The number of aromatic amines is 1. The number of methoxy groups -OCH3 is 1. The molecule has 9 aromatic carbocycles. The molecule has 3 aliphatic heterocycles. The van der Waals surface area contributed by atoms with Gasteiger partial charge in [-0.1, -0.05) is 166 Å². The van der Waals surface area contributed by atoms with Crippen molar-refractivity contribution >= 4 is 53.2 Å². The third-order valence-electron chi connectivity index (χ3n) is 21.7. The molecule has 0 radical (unpaired) electrons. The first-order valence-electron chi connectivity index (χ1n) is 37.8. The summed E-state index contributed by atoms with van der Waals surface area (Å²) in [6.45, 7) is 11.3. The highest BCUT2D eigenvalue weighted by Gasteiger charge is 2.38. The number of fused-ring (bicyclic) bond motifs is 3. The zero-order valence-electron chi connectivity index (χ0n) is 63.4. The molecule has 6 heterocycles. The van der Waals surface area contributed by atoms with Gasteiger partial charge >= 0.3 is 17.9 Å². The molecule has 1 aliphatic carbocycles. The Morgan fingerprint density at radius 1 is 0.464 bits per heavy atom. The van der Waals surface area contributed by atoms with Crippen LogP contribution < -0.4 is 19.4 Å². The maximum atomic E-state index is 11.0. The first kappa shape index (κ1) is 74.3. The Hall–Kier alpha value is -12.6. The smallest absolute Gasteiger partial charge is 0.328 e. The maximum absolute atomic E-state index is 11.0. The Kier molecular flexibility index (Phi) is 22.2. The predicted molar refractivity (Wildman–Crippen MR) is 440 cm³/mol. The molecule has 0 amide bonds. The summed E-state index contributed by atoms with van der Waals surface area (Å²) < 4.78 is 9.06. The molecule has 4 N–H and O–H groups in total. The van der Waals surface area contributed by atoms with Crippen LogP contribution >= 0.6 is 0 Å². The van der Waals surface area contributed by atoms with Crippen molar-refractivity contribution in [3.8, 4) is 39.1 Å². The van der Waals surface area contributed by atoms with Crippen LogP contribution in [-0.2, 0) is 54.2 Å². The second-order valence-electron chi connectivity index (χ2n) is 29.9. The largest absolute Gasteiger partial charge is 0.497 e. The summed E-state index contributed by atoms with van der Waals surface area (Å²) in [4.78, 5) is 40.4. The van der Waals surface area contributed by atoms with Gasteiger partial charge in [-0.05, 0) is 232 Å². The van der Waals surface area contributed by atoms with Crippen molar-refractivity contribution in [3.05, 3.63) is 333 Å². The zero-order valence-corrected chi connectivity index (χ0v) is 63.4. The van der Waals surface area contributed by atoms with Gasteiger partial charge in [0.15, 0.2) is 0 Å². The van der Waals surface area contributed by atoms with Crippen LogP contribution in [0.4, 0.5) is 17.1 Å². The minimum atomic E-state index is -0.954. The highest BCUT2D eigenvalue weighted by molar-refractivity contribution is 5.86. The van der Waals surface area contributed by atoms with Crippen LogP contribution in [0.25, 0.3) is 51.6 Å². The SMILES string of the molecule is CC(C)c1ccc(N2C(C)Cc3cc(-c4cn[nH]c4)ccc3C2c2ccc(/C=C/C(=O)O)cc2)cc1.CC1Cc2cc(-c3cnn(C)c3)ccc2C(c2ccc(/C=C/C(=O)O)cc2)N1c1ccc(CC2CC2)cc1.COc1ccc(N2C(C)Cc3cc(-c4cnn(C)c4)ccc3C2c2ccc(/C=C/C(=O)O)cc2)cc1. The number of aromatic nitrogens is 6. The fourth-order valence-electron chi connectivity index (χ4n) is 16.0. The molecule has 16 rings (SSSR count). The topological polar surface area (TPSA) is 195 Å². The van der Waals surface area contributed by atoms with Crippen molar-refractivity contribution in [3.63, 3.8) is 0 Å². The van der Waals surface area contributed by atoms with Crippen LogP contribution in [0.2, 0.25) is 0 Å². The third-order valence-corrected chi connectivity index (χ3v) is 21.7. The third kappa shape index (κ3) is 17.0. The number of carboxylic acid groups (broad SMARTS) is 3. The van der Waals surface area contributed by atoms with Crippen molar-refractivity contribution in [2.24, 2.45) is 20.0 Å². The number of ether oxygens (including phenoxy) is 1. The van der Waals surface area contributed by atoms with Gasteiger partial charge in [0.1, 0.15) is 5.75 Å². The summed E-state index contributed by atoms with van der Waals surface area (Å²) in [7, 11) is 5.56. The minimum absolute atomic E-state index is 0.0117. The molecule has 4 aliphatic rings. The fraction of sp³-hybridized carbons (Fsp3) is 0.234. The number of hydrogen-bond acceptors (Lipinski definition) is 10. The molecule has 110 heavy (non-hydrogen) atoms. The number of anilines is 3. The second kappa shape index (κ2) is 32.9. The van der Waals surface area contributed by atoms with Crippen LogP contribution in [-0.4, -0.2) is 88.2 Å². The molecular weight excluding hydrogens is 1370 g/mol. The number of H-pyrrole nitrogens is 1. The van der Waals surface area contributed by atoms with E-state index < -0.39 is 17.9 Å². The number of benzene rings is 9. The molecule has 16 heteroatoms. The molecular formula is C94H93N9O7. The van der Waals surface area contributed by atoms with E-state index in [1.54, 1.807) is 25.3 Å². The standard InChI is InChI=1S/C33H33N3O2.C31H31N3O2.C30H29N3O3/c1-22-17-28-19-27(29-20-34-35(2)21-29)12-15-31(28)33(26-10-5-23(6-11-26)9-16-32(37)38)36(22)30-13-7-25(8-14-30)18-24-3-4-24;1-20(2)23-9-12-28(13-10-23)34-21(3)16-26-17-25(27-18-32-33-19-27)11-14-29(26)31(34)24-7-4-22(5-8-24)6-15-30(35)36;1-20-16-24-17-23(25-18-31-32(2)19-25)9-14-28(24)30(33(20)26-10-12-27(36-3)13-11-26)22-7-4-21(5-8-22)6-15-29(34)35/h5-16,19-22,24,33H,3-4,17-18H2,1-2H3,(H,37,38);4-15,17-21,31H,16H2,1-3H3,(H,32,33)(H,35,36);4-15,17-20,30H,16H2,1-3H3,(H,34,35)/b16-9+;2*15-6+. The van der Waals surface area contributed by atoms with E-state index >= 15 is 0 Å². The van der Waals surface area contributed by atoms with Gasteiger partial charge in [0.2, 0.25) is 0 Å². The van der Waals surface area contributed by atoms with Crippen LogP contribution in [0.1, 0.15) is 149 Å². The monoisotopic (exact) mass is 1460 g/mol. The van der Waals surface area contributed by atoms with E-state index in [0.717, 1.165) is 87.2 Å². The van der Waals surface area contributed by atoms with Crippen molar-refractivity contribution in [1.29, 1.82) is 0 Å². The Labute approximate surface area is 643 Å². The summed E-state index contributed by atoms with van der Waals surface area (Å²) in [6.07, 6.45) is 26.9. The van der Waals surface area contributed by atoms with E-state index in [0.29, 0.717) is 18.0 Å². The molecule has 0 spiro atoms. The van der Waals surface area contributed by atoms with Gasteiger partial charge in [-0.2, -0.15) is 15.3 Å². The number of nitrogens with one attached hydrogen (secondary N) is 1. The van der Waals surface area contributed by atoms with Crippen LogP contribution in [0, 0.1) is 5.92 Å². The van der Waals surface area contributed by atoms with E-state index in [1.807, 2.05) is 103 Å². The summed E-state index contributed by atoms with van der Waals surface area (Å²) in [5.74, 6) is -0.650. The lowest BCUT2D eigenvalue weighted by atomic mass is 9.83. The molecule has 0 saturated heterocycles. The Morgan fingerprint density at radius 3 is 1.15 bits per heavy atom. The first-order chi connectivity index (χ1) is 53.3. The number of aryl methyl sites for hydroxylation is 2. The van der Waals surface area contributed by atoms with E-state index in [9.17, 15) is 14.4 Å². The number of aliphatic carboxylic acids is 3. The molecule has 6 unspecified atom stereocenters. The average molecular weight is 1460 g/mol. The average Bonchev–Trinajstić information content (AvgIpc) is 0.810. The molecule has 3 aromatic heterocycles. The van der Waals surface area contributed by atoms with Crippen LogP contribution in [0.3, 0.4) is 0 Å². The second-order valence-corrected chi connectivity index (χ2v) is 29.9. The van der Waals surface area contributed by atoms with Crippen molar-refractivity contribution in [2.75, 3.05) is 21.8 Å². The van der Waals surface area contributed by atoms with E-state index in [1.165, 1.54) is 110 Å². The van der Waals surface area contributed by atoms with Crippen LogP contribution in [0.15, 0.2) is 256 Å². The minimum Gasteiger partial charge on any atom is -0.497 e. The number of hydrogen-bond donors (Lipinski definition) is 4. The maximum Gasteiger partial charge on any atom is 0.328 e. The van der Waals surface area contributed by atoms with Gasteiger partial charge in [-0.25, -0.2) is 14.4 Å². The van der Waals surface area contributed by atoms with Gasteiger partial charge in [-0.15, -0.1) is 0 Å². The molecule has 16 nitrogen and oxygen atoms in total. The first-order valence-corrected chi connectivity index (χ1v) is 37.8. The van der Waals surface area contributed by atoms with Gasteiger partial charge in [0.25, 0.3) is 0 Å². The quantitative estimate of drug-likeness (QED) is 0.0559. The number of carboxylic acids is 3. The van der Waals surface area contributed by atoms with Crippen molar-refractivity contribution in [2.45, 2.75) is 115 Å². The number of rotatable bonds is 19. The number of nitrogens with zero attached hydrogens (tertiary/aromatic N) is 8. The van der Waals surface area contributed by atoms with E-state index in [2.05, 4.69) is 228 Å². The van der Waals surface area contributed by atoms with E-state index in [4.69, 9.17) is 20.1 Å². The molecule has 556 valence electrons. The lowest BCUT2D eigenvalue weighted by Crippen LogP contribution is -2.42. The fourth-order valence-corrected chi connectivity index (χ4v) is 16.0. The molecule has 0 bridgehead atoms. The van der Waals surface area contributed by atoms with Crippen molar-refractivity contribution < 1.29 is 34.4 Å². The van der Waals surface area contributed by atoms with Crippen LogP contribution in [0.5, 0.6) is 5.75 Å². The van der Waals surface area contributed by atoms with Gasteiger partial charge in [0, 0.05) is 103 Å². The summed E-state index contributed by atoms with van der Waals surface area (Å²) in [5, 5.41) is 42.7. The Balaban J connectivity index is 0.000000138. The number of carbonyl (C=O) groups is 3. The van der Waals surface area contributed by atoms with E-state index in [-0.39, 0.29) is 24.2 Å². The lowest BCUT2D eigenvalue weighted by Gasteiger charge is -2.44. The van der Waals surface area contributed by atoms with Crippen molar-refractivity contribution in [1.82, 2.24) is 29.8 Å². The predicted octanol–water partition coefficient (Wildman–Crippen LogP) is 19.3. The Morgan fingerprint density at radius 2 is 0.827 bits per heavy atom. The lowest BCUT2D eigenvalue weighted by molar-refractivity contribution is -0.132. The molecule has 1 fully saturated rings. The molecule has 12 aromatic rings. The van der Waals surface area contributed by atoms with Gasteiger partial charge in [0.05, 0.1) is 43.8 Å². The Bertz CT molecular complexity index is 5310. The van der Waals surface area contributed by atoms with Gasteiger partial charge in [-0.3, -0.25) is 14.5 Å². The summed E-state index contributed by atoms with van der Waals surface area (Å²) in [5.41, 5.74) is 27.2. The normalized spacial score (nSPS) is 18.0. The summed E-state index contributed by atoms with van der Waals surface area (Å²) in [6, 6.07) is 72.3. The highest BCUT2D eigenvalue weighted by atomic mass is 16.5. The molecule has 1 saturated carbocycles.